The van der Waals surface area contributed by atoms with E-state index in [0.717, 1.165) is 38.6 Å². The number of carboxylic acids is 1. The fourth-order valence-corrected chi connectivity index (χ4v) is 3.05. The van der Waals surface area contributed by atoms with E-state index in [1.165, 1.54) is 0 Å². The summed E-state index contributed by atoms with van der Waals surface area (Å²) in [4.78, 5) is 27.4. The first-order chi connectivity index (χ1) is 10.0. The maximum Gasteiger partial charge on any atom is 0.320 e. The minimum atomic E-state index is -0.817. The molecule has 5 heteroatoms. The Hall–Kier alpha value is -1.26. The third kappa shape index (κ3) is 5.21. The summed E-state index contributed by atoms with van der Waals surface area (Å²) in [6, 6.07) is -0.116. The first kappa shape index (κ1) is 17.8. The van der Waals surface area contributed by atoms with Gasteiger partial charge in [0.15, 0.2) is 0 Å². The van der Waals surface area contributed by atoms with Crippen molar-refractivity contribution < 1.29 is 14.7 Å². The van der Waals surface area contributed by atoms with Crippen molar-refractivity contribution in [2.75, 3.05) is 19.6 Å². The van der Waals surface area contributed by atoms with Crippen LogP contribution in [-0.4, -0.2) is 52.6 Å². The molecule has 1 fully saturated rings. The van der Waals surface area contributed by atoms with E-state index in [0.29, 0.717) is 19.0 Å². The molecule has 0 radical (unpaired) electrons. The molecule has 2 amide bonds. The summed E-state index contributed by atoms with van der Waals surface area (Å²) in [6.07, 6.45) is 5.00. The first-order valence-electron chi connectivity index (χ1n) is 8.30. The summed E-state index contributed by atoms with van der Waals surface area (Å²) >= 11 is 0. The molecule has 1 aliphatic heterocycles. The van der Waals surface area contributed by atoms with Crippen LogP contribution in [0, 0.1) is 5.92 Å². The van der Waals surface area contributed by atoms with Crippen LogP contribution in [0.4, 0.5) is 4.79 Å². The van der Waals surface area contributed by atoms with Crippen LogP contribution in [-0.2, 0) is 4.79 Å². The molecule has 0 aromatic rings. The van der Waals surface area contributed by atoms with Crippen molar-refractivity contribution in [2.45, 2.75) is 65.3 Å². The molecule has 1 aliphatic rings. The maximum atomic E-state index is 12.7. The Labute approximate surface area is 128 Å². The van der Waals surface area contributed by atoms with E-state index in [4.69, 9.17) is 5.11 Å². The van der Waals surface area contributed by atoms with Crippen LogP contribution >= 0.6 is 0 Å². The Morgan fingerprint density at radius 3 is 2.43 bits per heavy atom. The maximum absolute atomic E-state index is 12.7. The van der Waals surface area contributed by atoms with Crippen molar-refractivity contribution in [2.24, 2.45) is 5.92 Å². The quantitative estimate of drug-likeness (QED) is 0.785. The molecule has 0 aromatic carbocycles. The normalized spacial score (nSPS) is 18.9. The van der Waals surface area contributed by atoms with Crippen molar-refractivity contribution in [1.82, 2.24) is 9.80 Å². The number of carboxylic acid groups (broad SMARTS) is 1. The number of hydrogen-bond donors (Lipinski definition) is 1. The van der Waals surface area contributed by atoms with Gasteiger partial charge >= 0.3 is 12.0 Å². The van der Waals surface area contributed by atoms with Crippen LogP contribution in [0.5, 0.6) is 0 Å². The average Bonchev–Trinajstić information content (AvgIpc) is 2.48. The molecule has 5 nitrogen and oxygen atoms in total. The highest BCUT2D eigenvalue weighted by Crippen LogP contribution is 2.22. The summed E-state index contributed by atoms with van der Waals surface area (Å²) in [7, 11) is 0. The predicted octanol–water partition coefficient (Wildman–Crippen LogP) is 3.19. The third-order valence-corrected chi connectivity index (χ3v) is 4.57. The van der Waals surface area contributed by atoms with E-state index >= 15 is 0 Å². The highest BCUT2D eigenvalue weighted by atomic mass is 16.4. The van der Waals surface area contributed by atoms with Gasteiger partial charge in [0.1, 0.15) is 0 Å². The lowest BCUT2D eigenvalue weighted by Gasteiger charge is -2.39. The Morgan fingerprint density at radius 2 is 1.90 bits per heavy atom. The Kier molecular flexibility index (Phi) is 7.54. The summed E-state index contributed by atoms with van der Waals surface area (Å²) in [5.41, 5.74) is 0. The fourth-order valence-electron chi connectivity index (χ4n) is 3.05. The monoisotopic (exact) mass is 298 g/mol. The van der Waals surface area contributed by atoms with Gasteiger partial charge in [-0.15, -0.1) is 0 Å². The Morgan fingerprint density at radius 1 is 1.24 bits per heavy atom. The number of likely N-dealkylation sites (tertiary alicyclic amines) is 1. The molecular weight excluding hydrogens is 268 g/mol. The zero-order valence-electron chi connectivity index (χ0n) is 13.7. The molecule has 0 aromatic heterocycles. The van der Waals surface area contributed by atoms with Crippen LogP contribution in [0.1, 0.15) is 59.3 Å². The predicted molar refractivity (Wildman–Crippen MR) is 83.3 cm³/mol. The lowest BCUT2D eigenvalue weighted by Crippen LogP contribution is -2.51. The summed E-state index contributed by atoms with van der Waals surface area (Å²) in [5, 5.41) is 9.03. The van der Waals surface area contributed by atoms with Gasteiger partial charge in [-0.3, -0.25) is 4.79 Å². The van der Waals surface area contributed by atoms with Gasteiger partial charge in [-0.1, -0.05) is 26.7 Å². The average molecular weight is 298 g/mol. The molecule has 1 rings (SSSR count). The number of urea groups is 1. The second-order valence-corrected chi connectivity index (χ2v) is 5.94. The highest BCUT2D eigenvalue weighted by molar-refractivity contribution is 5.76. The molecule has 1 saturated heterocycles. The van der Waals surface area contributed by atoms with Gasteiger partial charge < -0.3 is 14.9 Å². The Bertz CT molecular complexity index is 342. The van der Waals surface area contributed by atoms with Crippen molar-refractivity contribution in [3.63, 3.8) is 0 Å². The third-order valence-electron chi connectivity index (χ3n) is 4.57. The minimum Gasteiger partial charge on any atom is -0.481 e. The van der Waals surface area contributed by atoms with Crippen molar-refractivity contribution in [3.8, 4) is 0 Å². The largest absolute Gasteiger partial charge is 0.481 e. The molecule has 0 spiro atoms. The number of piperidine rings is 1. The summed E-state index contributed by atoms with van der Waals surface area (Å²) in [5.74, 6) is -0.292. The molecule has 1 heterocycles. The van der Waals surface area contributed by atoms with Gasteiger partial charge in [-0.05, 0) is 32.1 Å². The Balaban J connectivity index is 2.73. The number of hydrogen-bond acceptors (Lipinski definition) is 2. The molecule has 0 saturated carbocycles. The van der Waals surface area contributed by atoms with Crippen molar-refractivity contribution >= 4 is 12.0 Å². The van der Waals surface area contributed by atoms with Gasteiger partial charge in [-0.2, -0.15) is 0 Å². The van der Waals surface area contributed by atoms with Gasteiger partial charge in [0.25, 0.3) is 0 Å². The minimum absolute atomic E-state index is 0.0235. The van der Waals surface area contributed by atoms with Crippen LogP contribution in [0.15, 0.2) is 0 Å². The van der Waals surface area contributed by atoms with Gasteiger partial charge in [0.2, 0.25) is 0 Å². The molecule has 0 aliphatic carbocycles. The standard InChI is InChI=1S/C16H30N2O3/c1-4-13(5-2)12-17(6-3)16(21)18-10-8-7-9-14(18)11-15(19)20/h13-14H,4-12H2,1-3H3,(H,19,20). The number of nitrogens with zero attached hydrogens (tertiary/aromatic N) is 2. The lowest BCUT2D eigenvalue weighted by molar-refractivity contribution is -0.138. The molecule has 1 N–H and O–H groups in total. The fraction of sp³-hybridized carbons (Fsp3) is 0.875. The zero-order valence-corrected chi connectivity index (χ0v) is 13.7. The van der Waals surface area contributed by atoms with E-state index in [9.17, 15) is 9.59 Å². The van der Waals surface area contributed by atoms with E-state index in [-0.39, 0.29) is 18.5 Å². The number of amides is 2. The lowest BCUT2D eigenvalue weighted by atomic mass is 9.99. The van der Waals surface area contributed by atoms with Crippen LogP contribution in [0.2, 0.25) is 0 Å². The SMILES string of the molecule is CCC(CC)CN(CC)C(=O)N1CCCCC1CC(=O)O. The highest BCUT2D eigenvalue weighted by Gasteiger charge is 2.31. The second-order valence-electron chi connectivity index (χ2n) is 5.94. The number of aliphatic carboxylic acids is 1. The molecule has 1 atom stereocenters. The van der Waals surface area contributed by atoms with E-state index in [2.05, 4.69) is 13.8 Å². The number of carbonyl (C=O) groups is 2. The van der Waals surface area contributed by atoms with Gasteiger partial charge in [-0.25, -0.2) is 4.79 Å². The number of carbonyl (C=O) groups excluding carboxylic acids is 1. The number of rotatable bonds is 7. The summed E-state index contributed by atoms with van der Waals surface area (Å²) < 4.78 is 0. The van der Waals surface area contributed by atoms with E-state index in [1.807, 2.05) is 11.8 Å². The molecular formula is C16H30N2O3. The molecule has 122 valence electrons. The van der Waals surface area contributed by atoms with Gasteiger partial charge in [0, 0.05) is 25.7 Å². The van der Waals surface area contributed by atoms with Crippen LogP contribution in [0.25, 0.3) is 0 Å². The van der Waals surface area contributed by atoms with E-state index < -0.39 is 5.97 Å². The zero-order chi connectivity index (χ0) is 15.8. The van der Waals surface area contributed by atoms with Crippen LogP contribution < -0.4 is 0 Å². The second kappa shape index (κ2) is 8.90. The van der Waals surface area contributed by atoms with Crippen LogP contribution in [0.3, 0.4) is 0 Å². The van der Waals surface area contributed by atoms with Gasteiger partial charge in [0.05, 0.1) is 6.42 Å². The van der Waals surface area contributed by atoms with Crippen molar-refractivity contribution in [1.29, 1.82) is 0 Å². The molecule has 21 heavy (non-hydrogen) atoms. The summed E-state index contributed by atoms with van der Waals surface area (Å²) in [6.45, 7) is 8.46. The molecule has 1 unspecified atom stereocenters. The van der Waals surface area contributed by atoms with Crippen molar-refractivity contribution in [3.05, 3.63) is 0 Å². The van der Waals surface area contributed by atoms with E-state index in [1.54, 1.807) is 4.90 Å². The smallest absolute Gasteiger partial charge is 0.320 e. The topological polar surface area (TPSA) is 60.9 Å². The molecule has 0 bridgehead atoms. The first-order valence-corrected chi connectivity index (χ1v) is 8.30.